The molecule has 0 aliphatic rings. The van der Waals surface area contributed by atoms with Crippen molar-refractivity contribution in [3.05, 3.63) is 35.9 Å². The van der Waals surface area contributed by atoms with E-state index in [1.807, 2.05) is 23.1 Å². The van der Waals surface area contributed by atoms with Gasteiger partial charge in [-0.05, 0) is 18.4 Å². The molecule has 0 bridgehead atoms. The minimum absolute atomic E-state index is 0.323. The number of carbonyl (C=O) groups excluding carboxylic acids is 1. The Morgan fingerprint density at radius 1 is 0.905 bits per heavy atom. The maximum Gasteiger partial charge on any atom is 0.222 e. The molecule has 2 heteroatoms. The molecule has 0 radical (unpaired) electrons. The third-order valence-electron chi connectivity index (χ3n) is 3.84. The molecule has 0 saturated carbocycles. The third-order valence-corrected chi connectivity index (χ3v) is 3.84. The molecule has 0 unspecified atom stereocenters. The fourth-order valence-electron chi connectivity index (χ4n) is 2.48. The SMILES string of the molecule is CCCCCCCC(=O)N(CCCC)Cc1ccccc1. The predicted molar refractivity (Wildman–Crippen MR) is 90.1 cm³/mol. The second kappa shape index (κ2) is 11.4. The van der Waals surface area contributed by atoms with Gasteiger partial charge in [0.25, 0.3) is 0 Å². The van der Waals surface area contributed by atoms with Crippen LogP contribution in [-0.4, -0.2) is 17.4 Å². The summed E-state index contributed by atoms with van der Waals surface area (Å²) in [4.78, 5) is 14.5. The number of unbranched alkanes of at least 4 members (excludes halogenated alkanes) is 5. The molecule has 0 spiro atoms. The van der Waals surface area contributed by atoms with Gasteiger partial charge in [-0.3, -0.25) is 4.79 Å². The van der Waals surface area contributed by atoms with Gasteiger partial charge in [-0.25, -0.2) is 0 Å². The molecule has 1 aromatic carbocycles. The molecule has 0 N–H and O–H groups in total. The number of amides is 1. The average molecular weight is 289 g/mol. The van der Waals surface area contributed by atoms with E-state index in [2.05, 4.69) is 26.0 Å². The highest BCUT2D eigenvalue weighted by molar-refractivity contribution is 5.76. The second-order valence-electron chi connectivity index (χ2n) is 5.82. The molecule has 1 rings (SSSR count). The predicted octanol–water partition coefficient (Wildman–Crippen LogP) is 5.18. The minimum atomic E-state index is 0.323. The van der Waals surface area contributed by atoms with Gasteiger partial charge in [-0.15, -0.1) is 0 Å². The molecule has 2 nitrogen and oxygen atoms in total. The summed E-state index contributed by atoms with van der Waals surface area (Å²) in [6.45, 7) is 6.04. The topological polar surface area (TPSA) is 20.3 Å². The first kappa shape index (κ1) is 17.7. The van der Waals surface area contributed by atoms with E-state index in [0.29, 0.717) is 12.3 Å². The summed E-state index contributed by atoms with van der Waals surface area (Å²) in [6.07, 6.45) is 8.96. The van der Waals surface area contributed by atoms with Crippen LogP contribution in [-0.2, 0) is 11.3 Å². The van der Waals surface area contributed by atoms with Crippen LogP contribution in [0.15, 0.2) is 30.3 Å². The van der Waals surface area contributed by atoms with Crippen LogP contribution in [0, 0.1) is 0 Å². The van der Waals surface area contributed by atoms with Crippen molar-refractivity contribution in [2.45, 2.75) is 71.8 Å². The number of rotatable bonds is 11. The van der Waals surface area contributed by atoms with Crippen molar-refractivity contribution in [1.29, 1.82) is 0 Å². The lowest BCUT2D eigenvalue weighted by molar-refractivity contribution is -0.132. The first-order chi connectivity index (χ1) is 10.3. The molecule has 0 saturated heterocycles. The first-order valence-corrected chi connectivity index (χ1v) is 8.59. The van der Waals surface area contributed by atoms with Crippen LogP contribution >= 0.6 is 0 Å². The van der Waals surface area contributed by atoms with E-state index in [1.54, 1.807) is 0 Å². The van der Waals surface area contributed by atoms with Crippen LogP contribution in [0.4, 0.5) is 0 Å². The van der Waals surface area contributed by atoms with Gasteiger partial charge < -0.3 is 4.90 Å². The number of hydrogen-bond donors (Lipinski definition) is 0. The lowest BCUT2D eigenvalue weighted by Crippen LogP contribution is -2.31. The number of nitrogens with zero attached hydrogens (tertiary/aromatic N) is 1. The van der Waals surface area contributed by atoms with Crippen LogP contribution in [0.25, 0.3) is 0 Å². The summed E-state index contributed by atoms with van der Waals surface area (Å²) in [5, 5.41) is 0. The van der Waals surface area contributed by atoms with Crippen LogP contribution in [0.2, 0.25) is 0 Å². The summed E-state index contributed by atoms with van der Waals surface area (Å²) in [6, 6.07) is 10.3. The molecule has 1 amide bonds. The zero-order valence-electron chi connectivity index (χ0n) is 13.8. The fourth-order valence-corrected chi connectivity index (χ4v) is 2.48. The van der Waals surface area contributed by atoms with Crippen LogP contribution in [0.5, 0.6) is 0 Å². The molecular weight excluding hydrogens is 258 g/mol. The van der Waals surface area contributed by atoms with Crippen molar-refractivity contribution < 1.29 is 4.79 Å². The summed E-state index contributed by atoms with van der Waals surface area (Å²) < 4.78 is 0. The molecule has 21 heavy (non-hydrogen) atoms. The van der Waals surface area contributed by atoms with Gasteiger partial charge in [0.05, 0.1) is 0 Å². The van der Waals surface area contributed by atoms with Crippen molar-refractivity contribution in [3.8, 4) is 0 Å². The van der Waals surface area contributed by atoms with Crippen molar-refractivity contribution >= 4 is 5.91 Å². The Morgan fingerprint density at radius 2 is 1.57 bits per heavy atom. The molecule has 0 heterocycles. The molecule has 1 aromatic rings. The summed E-state index contributed by atoms with van der Waals surface area (Å²) in [5.41, 5.74) is 1.23. The first-order valence-electron chi connectivity index (χ1n) is 8.59. The maximum atomic E-state index is 12.4. The maximum absolute atomic E-state index is 12.4. The van der Waals surface area contributed by atoms with Crippen LogP contribution < -0.4 is 0 Å². The summed E-state index contributed by atoms with van der Waals surface area (Å²) in [7, 11) is 0. The van der Waals surface area contributed by atoms with Gasteiger partial charge in [-0.2, -0.15) is 0 Å². The molecule has 0 aromatic heterocycles. The van der Waals surface area contributed by atoms with Gasteiger partial charge in [0.15, 0.2) is 0 Å². The van der Waals surface area contributed by atoms with Crippen molar-refractivity contribution in [2.75, 3.05) is 6.54 Å². The van der Waals surface area contributed by atoms with E-state index < -0.39 is 0 Å². The van der Waals surface area contributed by atoms with E-state index in [9.17, 15) is 4.79 Å². The second-order valence-corrected chi connectivity index (χ2v) is 5.82. The Kier molecular flexibility index (Phi) is 9.60. The quantitative estimate of drug-likeness (QED) is 0.514. The summed E-state index contributed by atoms with van der Waals surface area (Å²) >= 11 is 0. The van der Waals surface area contributed by atoms with Gasteiger partial charge >= 0.3 is 0 Å². The molecular formula is C19H31NO. The largest absolute Gasteiger partial charge is 0.338 e. The normalized spacial score (nSPS) is 10.6. The lowest BCUT2D eigenvalue weighted by atomic mass is 10.1. The highest BCUT2D eigenvalue weighted by Crippen LogP contribution is 2.11. The van der Waals surface area contributed by atoms with E-state index in [-0.39, 0.29) is 0 Å². The Hall–Kier alpha value is -1.31. The van der Waals surface area contributed by atoms with Gasteiger partial charge in [0.2, 0.25) is 5.91 Å². The monoisotopic (exact) mass is 289 g/mol. The Morgan fingerprint density at radius 3 is 2.24 bits per heavy atom. The molecule has 0 aliphatic carbocycles. The Balaban J connectivity index is 2.42. The minimum Gasteiger partial charge on any atom is -0.338 e. The van der Waals surface area contributed by atoms with Gasteiger partial charge in [0, 0.05) is 19.5 Å². The van der Waals surface area contributed by atoms with Crippen molar-refractivity contribution in [2.24, 2.45) is 0 Å². The Labute approximate surface area is 130 Å². The number of carbonyl (C=O) groups is 1. The number of hydrogen-bond acceptors (Lipinski definition) is 1. The Bertz CT molecular complexity index is 374. The zero-order chi connectivity index (χ0) is 15.3. The molecule has 0 atom stereocenters. The van der Waals surface area contributed by atoms with Gasteiger partial charge in [-0.1, -0.05) is 76.3 Å². The molecule has 0 aliphatic heterocycles. The highest BCUT2D eigenvalue weighted by Gasteiger charge is 2.12. The van der Waals surface area contributed by atoms with Crippen molar-refractivity contribution in [3.63, 3.8) is 0 Å². The lowest BCUT2D eigenvalue weighted by Gasteiger charge is -2.23. The molecule has 0 fully saturated rings. The van der Waals surface area contributed by atoms with E-state index >= 15 is 0 Å². The highest BCUT2D eigenvalue weighted by atomic mass is 16.2. The standard InChI is InChI=1S/C19H31NO/c1-3-5-7-8-12-15-19(21)20(16-6-4-2)17-18-13-10-9-11-14-18/h9-11,13-14H,3-8,12,15-17H2,1-2H3. The smallest absolute Gasteiger partial charge is 0.222 e. The molecule has 118 valence electrons. The van der Waals surface area contributed by atoms with Crippen LogP contribution in [0.3, 0.4) is 0 Å². The van der Waals surface area contributed by atoms with Crippen molar-refractivity contribution in [1.82, 2.24) is 4.90 Å². The zero-order valence-corrected chi connectivity index (χ0v) is 13.8. The van der Waals surface area contributed by atoms with E-state index in [1.165, 1.54) is 31.2 Å². The van der Waals surface area contributed by atoms with E-state index in [4.69, 9.17) is 0 Å². The average Bonchev–Trinajstić information content (AvgIpc) is 2.52. The third kappa shape index (κ3) is 7.89. The fraction of sp³-hybridized carbons (Fsp3) is 0.632. The van der Waals surface area contributed by atoms with Gasteiger partial charge in [0.1, 0.15) is 0 Å². The van der Waals surface area contributed by atoms with Crippen LogP contribution in [0.1, 0.15) is 70.8 Å². The van der Waals surface area contributed by atoms with E-state index in [0.717, 1.165) is 32.4 Å². The number of benzene rings is 1. The summed E-state index contributed by atoms with van der Waals surface area (Å²) in [5.74, 6) is 0.323.